The van der Waals surface area contributed by atoms with Gasteiger partial charge in [-0.2, -0.15) is 0 Å². The van der Waals surface area contributed by atoms with Gasteiger partial charge in [-0.25, -0.2) is 4.79 Å². The van der Waals surface area contributed by atoms with Gasteiger partial charge in [0.1, 0.15) is 10.8 Å². The second-order valence-corrected chi connectivity index (χ2v) is 11.1. The summed E-state index contributed by atoms with van der Waals surface area (Å²) in [6, 6.07) is 18.0. The van der Waals surface area contributed by atoms with E-state index < -0.39 is 0 Å². The number of hydrogen-bond acceptors (Lipinski definition) is 4. The highest BCUT2D eigenvalue weighted by Crippen LogP contribution is 2.43. The molecule has 0 fully saturated rings. The molecule has 190 valence electrons. The molecule has 0 spiro atoms. The fourth-order valence-electron chi connectivity index (χ4n) is 5.56. The van der Waals surface area contributed by atoms with Crippen LogP contribution in [-0.4, -0.2) is 41.1 Å². The van der Waals surface area contributed by atoms with Gasteiger partial charge in [0.15, 0.2) is 0 Å². The van der Waals surface area contributed by atoms with E-state index in [1.54, 1.807) is 7.11 Å². The highest BCUT2D eigenvalue weighted by molar-refractivity contribution is 7.15. The van der Waals surface area contributed by atoms with Crippen molar-refractivity contribution in [1.29, 1.82) is 0 Å². The number of likely N-dealkylation sites (N-methyl/N-ethyl adjacent to an activating group) is 1. The molecule has 0 aliphatic carbocycles. The Kier molecular flexibility index (Phi) is 6.05. The Morgan fingerprint density at radius 3 is 2.62 bits per heavy atom. The van der Waals surface area contributed by atoms with Crippen molar-refractivity contribution < 1.29 is 9.53 Å². The van der Waals surface area contributed by atoms with Crippen LogP contribution in [0, 0.1) is 13.8 Å². The summed E-state index contributed by atoms with van der Waals surface area (Å²) in [7, 11) is 3.85. The van der Waals surface area contributed by atoms with E-state index in [0.29, 0.717) is 6.54 Å². The standard InChI is InChI=1S/C30H32N4O2S/c1-19-7-5-8-25(20(19)2)31-30(35)34-17-24-23-14-16-32(3)18-27(23)37-29(24)33-15-6-9-26(33)28(34)21-10-12-22(36-4)13-11-21/h5-13,15,28H,14,16-18H2,1-4H3,(H,31,35)/t28-/m1/s1. The summed E-state index contributed by atoms with van der Waals surface area (Å²) in [5.41, 5.74) is 7.94. The molecular weight excluding hydrogens is 480 g/mol. The highest BCUT2D eigenvalue weighted by atomic mass is 32.1. The lowest BCUT2D eigenvalue weighted by atomic mass is 10.00. The number of hydrogen-bond donors (Lipinski definition) is 1. The average molecular weight is 513 g/mol. The van der Waals surface area contributed by atoms with Gasteiger partial charge in [0.05, 0.1) is 25.4 Å². The Labute approximate surface area is 222 Å². The molecule has 1 N–H and O–H groups in total. The number of anilines is 1. The number of aryl methyl sites for hydroxylation is 1. The van der Waals surface area contributed by atoms with E-state index in [0.717, 1.165) is 53.3 Å². The molecule has 2 aromatic carbocycles. The summed E-state index contributed by atoms with van der Waals surface area (Å²) in [4.78, 5) is 19.9. The van der Waals surface area contributed by atoms with E-state index >= 15 is 0 Å². The number of carbonyl (C=O) groups is 1. The molecule has 4 aromatic rings. The van der Waals surface area contributed by atoms with Gasteiger partial charge < -0.3 is 24.4 Å². The molecule has 2 aliphatic heterocycles. The lowest BCUT2D eigenvalue weighted by molar-refractivity contribution is 0.194. The van der Waals surface area contributed by atoms with Gasteiger partial charge >= 0.3 is 6.03 Å². The van der Waals surface area contributed by atoms with E-state index in [2.05, 4.69) is 72.2 Å². The third kappa shape index (κ3) is 4.12. The maximum Gasteiger partial charge on any atom is 0.322 e. The van der Waals surface area contributed by atoms with Crippen molar-refractivity contribution in [2.45, 2.75) is 39.4 Å². The minimum Gasteiger partial charge on any atom is -0.497 e. The zero-order valence-electron chi connectivity index (χ0n) is 21.7. The molecule has 37 heavy (non-hydrogen) atoms. The van der Waals surface area contributed by atoms with Gasteiger partial charge in [-0.3, -0.25) is 0 Å². The van der Waals surface area contributed by atoms with Crippen molar-refractivity contribution in [3.8, 4) is 10.8 Å². The first-order valence-corrected chi connectivity index (χ1v) is 13.5. The first kappa shape index (κ1) is 23.8. The molecule has 2 amide bonds. The Balaban J connectivity index is 1.49. The minimum absolute atomic E-state index is 0.0944. The van der Waals surface area contributed by atoms with Gasteiger partial charge in [-0.05, 0) is 79.9 Å². The molecule has 4 heterocycles. The molecular formula is C30H32N4O2S. The Bertz CT molecular complexity index is 1470. The molecule has 7 heteroatoms. The van der Waals surface area contributed by atoms with E-state index in [4.69, 9.17) is 4.74 Å². The number of benzene rings is 2. The summed E-state index contributed by atoms with van der Waals surface area (Å²) in [5, 5.41) is 4.49. The van der Waals surface area contributed by atoms with E-state index in [1.807, 2.05) is 40.5 Å². The first-order valence-electron chi connectivity index (χ1n) is 12.7. The van der Waals surface area contributed by atoms with Crippen LogP contribution in [0.5, 0.6) is 5.75 Å². The van der Waals surface area contributed by atoms with Crippen LogP contribution in [0.3, 0.4) is 0 Å². The van der Waals surface area contributed by atoms with Crippen molar-refractivity contribution in [2.24, 2.45) is 0 Å². The fourth-order valence-corrected chi connectivity index (χ4v) is 7.00. The number of carbonyl (C=O) groups excluding carboxylic acids is 1. The number of nitrogens with one attached hydrogen (secondary N) is 1. The smallest absolute Gasteiger partial charge is 0.322 e. The molecule has 0 saturated carbocycles. The number of thiophene rings is 1. The van der Waals surface area contributed by atoms with Crippen LogP contribution in [-0.2, 0) is 19.5 Å². The number of methoxy groups -OCH3 is 1. The molecule has 0 saturated heterocycles. The predicted molar refractivity (Wildman–Crippen MR) is 149 cm³/mol. The lowest BCUT2D eigenvalue weighted by Crippen LogP contribution is -2.38. The number of amides is 2. The summed E-state index contributed by atoms with van der Waals surface area (Å²) in [6.45, 7) is 6.68. The lowest BCUT2D eigenvalue weighted by Gasteiger charge is -2.32. The summed E-state index contributed by atoms with van der Waals surface area (Å²) >= 11 is 1.87. The average Bonchev–Trinajstić information content (AvgIpc) is 3.48. The number of rotatable bonds is 3. The topological polar surface area (TPSA) is 49.7 Å². The van der Waals surface area contributed by atoms with E-state index in [1.165, 1.54) is 21.0 Å². The van der Waals surface area contributed by atoms with Crippen molar-refractivity contribution >= 4 is 23.1 Å². The zero-order valence-corrected chi connectivity index (χ0v) is 22.6. The number of fused-ring (bicyclic) bond motifs is 5. The molecule has 0 unspecified atom stereocenters. The van der Waals surface area contributed by atoms with Crippen LogP contribution in [0.4, 0.5) is 10.5 Å². The molecule has 2 aromatic heterocycles. The fraction of sp³-hybridized carbons (Fsp3) is 0.300. The third-order valence-electron chi connectivity index (χ3n) is 7.79. The summed E-state index contributed by atoms with van der Waals surface area (Å²) < 4.78 is 7.73. The normalized spacial score (nSPS) is 17.0. The second-order valence-electron chi connectivity index (χ2n) is 10.1. The van der Waals surface area contributed by atoms with Crippen LogP contribution in [0.2, 0.25) is 0 Å². The molecule has 6 nitrogen and oxygen atoms in total. The SMILES string of the molecule is COc1ccc([C@@H]2c3cccn3-c3sc4c(c3CN2C(=O)Nc2cccc(C)c2C)CCN(C)C4)cc1. The van der Waals surface area contributed by atoms with Crippen LogP contribution >= 0.6 is 11.3 Å². The van der Waals surface area contributed by atoms with Crippen molar-refractivity contribution in [3.05, 3.63) is 99.2 Å². The van der Waals surface area contributed by atoms with Gasteiger partial charge in [0.2, 0.25) is 0 Å². The Hall–Kier alpha value is -3.55. The zero-order chi connectivity index (χ0) is 25.7. The number of aromatic nitrogens is 1. The van der Waals surface area contributed by atoms with Gasteiger partial charge in [0.25, 0.3) is 0 Å². The molecule has 6 rings (SSSR count). The molecule has 0 radical (unpaired) electrons. The maximum absolute atomic E-state index is 14.2. The molecule has 0 bridgehead atoms. The van der Waals surface area contributed by atoms with Gasteiger partial charge in [-0.1, -0.05) is 24.3 Å². The first-order chi connectivity index (χ1) is 17.9. The minimum atomic E-state index is -0.243. The Morgan fingerprint density at radius 2 is 1.84 bits per heavy atom. The van der Waals surface area contributed by atoms with Crippen molar-refractivity contribution in [3.63, 3.8) is 0 Å². The van der Waals surface area contributed by atoms with Crippen LogP contribution in [0.1, 0.15) is 44.4 Å². The molecule has 1 atom stereocenters. The predicted octanol–water partition coefficient (Wildman–Crippen LogP) is 6.29. The summed E-state index contributed by atoms with van der Waals surface area (Å²) in [6.07, 6.45) is 3.15. The molecule has 2 aliphatic rings. The van der Waals surface area contributed by atoms with Gasteiger partial charge in [-0.15, -0.1) is 11.3 Å². The Morgan fingerprint density at radius 1 is 1.03 bits per heavy atom. The highest BCUT2D eigenvalue weighted by Gasteiger charge is 2.36. The monoisotopic (exact) mass is 512 g/mol. The van der Waals surface area contributed by atoms with Crippen LogP contribution in [0.25, 0.3) is 5.00 Å². The number of nitrogens with zero attached hydrogens (tertiary/aromatic N) is 3. The van der Waals surface area contributed by atoms with Gasteiger partial charge in [0, 0.05) is 35.4 Å². The number of ether oxygens (including phenoxy) is 1. The quantitative estimate of drug-likeness (QED) is 0.351. The second kappa shape index (κ2) is 9.39. The van der Waals surface area contributed by atoms with E-state index in [9.17, 15) is 4.79 Å². The van der Waals surface area contributed by atoms with Crippen molar-refractivity contribution in [2.75, 3.05) is 26.0 Å². The largest absolute Gasteiger partial charge is 0.497 e. The number of urea groups is 1. The third-order valence-corrected chi connectivity index (χ3v) is 9.05. The summed E-state index contributed by atoms with van der Waals surface area (Å²) in [5.74, 6) is 0.802. The van der Waals surface area contributed by atoms with Crippen molar-refractivity contribution in [1.82, 2.24) is 14.4 Å². The van der Waals surface area contributed by atoms with Crippen LogP contribution in [0.15, 0.2) is 60.8 Å². The maximum atomic E-state index is 14.2. The van der Waals surface area contributed by atoms with E-state index in [-0.39, 0.29) is 12.1 Å². The van der Waals surface area contributed by atoms with Crippen LogP contribution < -0.4 is 10.1 Å².